The number of aliphatic carboxylic acids is 1. The summed E-state index contributed by atoms with van der Waals surface area (Å²) in [5.41, 5.74) is 0.945. The number of rotatable bonds is 6. The number of aromatic nitrogens is 3. The molecule has 1 amide bonds. The highest BCUT2D eigenvalue weighted by Crippen LogP contribution is 2.19. The minimum Gasteiger partial charge on any atom is -0.481 e. The van der Waals surface area contributed by atoms with Crippen LogP contribution in [0.25, 0.3) is 5.69 Å². The van der Waals surface area contributed by atoms with Crippen molar-refractivity contribution in [2.75, 3.05) is 6.54 Å². The average molecular weight is 381 g/mol. The second kappa shape index (κ2) is 7.36. The predicted octanol–water partition coefficient (Wildman–Crippen LogP) is 2.36. The lowest BCUT2D eigenvalue weighted by atomic mass is 10.2. The smallest absolute Gasteiger partial charge is 0.305 e. The maximum absolute atomic E-state index is 12.5. The van der Waals surface area contributed by atoms with Crippen LogP contribution in [-0.2, 0) is 4.79 Å². The number of halogens is 1. The molecular weight excluding hydrogens is 364 g/mol. The summed E-state index contributed by atoms with van der Waals surface area (Å²) < 4.78 is 2.34. The number of hydrogen-bond donors (Lipinski definition) is 1. The van der Waals surface area contributed by atoms with Gasteiger partial charge in [0.2, 0.25) is 0 Å². The number of para-hydroxylation sites is 1. The first-order chi connectivity index (χ1) is 10.9. The van der Waals surface area contributed by atoms with E-state index in [-0.39, 0.29) is 30.6 Å². The summed E-state index contributed by atoms with van der Waals surface area (Å²) in [6, 6.07) is 7.32. The Bertz CT molecular complexity index is 714. The minimum absolute atomic E-state index is 0.109. The van der Waals surface area contributed by atoms with Crippen molar-refractivity contribution in [2.24, 2.45) is 0 Å². The van der Waals surface area contributed by atoms with Crippen molar-refractivity contribution in [3.63, 3.8) is 0 Å². The highest BCUT2D eigenvalue weighted by molar-refractivity contribution is 9.10. The summed E-state index contributed by atoms with van der Waals surface area (Å²) >= 11 is 3.42. The van der Waals surface area contributed by atoms with Gasteiger partial charge in [0.05, 0.1) is 18.3 Å². The molecule has 8 heteroatoms. The number of hydrogen-bond acceptors (Lipinski definition) is 4. The molecule has 0 saturated carbocycles. The van der Waals surface area contributed by atoms with Gasteiger partial charge in [-0.15, -0.1) is 5.10 Å². The Morgan fingerprint density at radius 1 is 1.35 bits per heavy atom. The van der Waals surface area contributed by atoms with Crippen molar-refractivity contribution < 1.29 is 14.7 Å². The third-order valence-corrected chi connectivity index (χ3v) is 3.93. The number of benzene rings is 1. The molecule has 2 rings (SSSR count). The van der Waals surface area contributed by atoms with Gasteiger partial charge >= 0.3 is 5.97 Å². The van der Waals surface area contributed by atoms with E-state index >= 15 is 0 Å². The molecule has 1 aromatic carbocycles. The molecule has 0 aliphatic carbocycles. The Morgan fingerprint density at radius 3 is 2.65 bits per heavy atom. The largest absolute Gasteiger partial charge is 0.481 e. The van der Waals surface area contributed by atoms with Crippen LogP contribution in [0.4, 0.5) is 0 Å². The third-order valence-electron chi connectivity index (χ3n) is 3.26. The maximum Gasteiger partial charge on any atom is 0.305 e. The molecule has 0 unspecified atom stereocenters. The van der Waals surface area contributed by atoms with Crippen molar-refractivity contribution in [3.8, 4) is 5.69 Å². The van der Waals surface area contributed by atoms with E-state index in [0.717, 1.165) is 10.2 Å². The zero-order valence-electron chi connectivity index (χ0n) is 12.8. The SMILES string of the molecule is CC(C)N(CCC(=O)O)C(=O)c1cn(-c2ccccc2Br)nn1. The molecule has 0 spiro atoms. The van der Waals surface area contributed by atoms with Crippen molar-refractivity contribution >= 4 is 27.8 Å². The van der Waals surface area contributed by atoms with Crippen molar-refractivity contribution in [1.82, 2.24) is 19.9 Å². The predicted molar refractivity (Wildman–Crippen MR) is 87.5 cm³/mol. The lowest BCUT2D eigenvalue weighted by Gasteiger charge is -2.25. The fourth-order valence-corrected chi connectivity index (χ4v) is 2.54. The molecule has 0 bridgehead atoms. The fourth-order valence-electron chi connectivity index (χ4n) is 2.07. The zero-order valence-corrected chi connectivity index (χ0v) is 14.4. The maximum atomic E-state index is 12.5. The molecule has 0 radical (unpaired) electrons. The molecule has 0 saturated heterocycles. The first kappa shape index (κ1) is 17.1. The number of carboxylic acid groups (broad SMARTS) is 1. The molecule has 2 aromatic rings. The lowest BCUT2D eigenvalue weighted by molar-refractivity contribution is -0.137. The van der Waals surface area contributed by atoms with E-state index in [1.807, 2.05) is 38.1 Å². The Kier molecular flexibility index (Phi) is 5.49. The van der Waals surface area contributed by atoms with Gasteiger partial charge in [0.25, 0.3) is 5.91 Å². The number of carboxylic acids is 1. The third kappa shape index (κ3) is 4.16. The molecule has 0 atom stereocenters. The van der Waals surface area contributed by atoms with Crippen LogP contribution in [-0.4, -0.2) is 49.5 Å². The van der Waals surface area contributed by atoms with Crippen LogP contribution in [0.15, 0.2) is 34.9 Å². The topological polar surface area (TPSA) is 88.3 Å². The number of carbonyl (C=O) groups excluding carboxylic acids is 1. The Balaban J connectivity index is 2.22. The molecule has 0 aliphatic heterocycles. The molecule has 1 N–H and O–H groups in total. The number of nitrogens with zero attached hydrogens (tertiary/aromatic N) is 4. The molecule has 7 nitrogen and oxygen atoms in total. The van der Waals surface area contributed by atoms with Crippen molar-refractivity contribution in [3.05, 3.63) is 40.6 Å². The van der Waals surface area contributed by atoms with Gasteiger partial charge in [0.1, 0.15) is 0 Å². The summed E-state index contributed by atoms with van der Waals surface area (Å²) in [7, 11) is 0. The van der Waals surface area contributed by atoms with E-state index in [1.54, 1.807) is 6.20 Å². The van der Waals surface area contributed by atoms with Crippen molar-refractivity contribution in [1.29, 1.82) is 0 Å². The first-order valence-electron chi connectivity index (χ1n) is 7.10. The van der Waals surface area contributed by atoms with Crippen molar-refractivity contribution in [2.45, 2.75) is 26.3 Å². The second-order valence-corrected chi connectivity index (χ2v) is 6.09. The summed E-state index contributed by atoms with van der Waals surface area (Å²) in [5, 5.41) is 16.7. The monoisotopic (exact) mass is 380 g/mol. The molecular formula is C15H17BrN4O3. The Labute approximate surface area is 142 Å². The highest BCUT2D eigenvalue weighted by Gasteiger charge is 2.22. The van der Waals surface area contributed by atoms with Gasteiger partial charge in [0, 0.05) is 17.1 Å². The first-order valence-corrected chi connectivity index (χ1v) is 7.89. The van der Waals surface area contributed by atoms with Gasteiger partial charge in [0.15, 0.2) is 5.69 Å². The van der Waals surface area contributed by atoms with E-state index in [4.69, 9.17) is 5.11 Å². The van der Waals surface area contributed by atoms with E-state index in [1.165, 1.54) is 9.58 Å². The standard InChI is InChI=1S/C15H17BrN4O3/c1-10(2)19(8-7-14(21)22)15(23)12-9-20(18-17-12)13-6-4-3-5-11(13)16/h3-6,9-10H,7-8H2,1-2H3,(H,21,22). The van der Waals surface area contributed by atoms with Crippen LogP contribution in [0.5, 0.6) is 0 Å². The Morgan fingerprint density at radius 2 is 2.04 bits per heavy atom. The molecule has 23 heavy (non-hydrogen) atoms. The number of amides is 1. The van der Waals surface area contributed by atoms with E-state index in [0.29, 0.717) is 0 Å². The van der Waals surface area contributed by atoms with Gasteiger partial charge < -0.3 is 10.0 Å². The summed E-state index contributed by atoms with van der Waals surface area (Å²) in [5.74, 6) is -1.28. The van der Waals surface area contributed by atoms with E-state index in [2.05, 4.69) is 26.2 Å². The van der Waals surface area contributed by atoms with Crippen LogP contribution in [0, 0.1) is 0 Å². The van der Waals surface area contributed by atoms with Gasteiger partial charge in [-0.3, -0.25) is 9.59 Å². The normalized spacial score (nSPS) is 10.8. The minimum atomic E-state index is -0.944. The second-order valence-electron chi connectivity index (χ2n) is 5.24. The van der Waals surface area contributed by atoms with Crippen LogP contribution >= 0.6 is 15.9 Å². The fraction of sp³-hybridized carbons (Fsp3) is 0.333. The van der Waals surface area contributed by atoms with Crippen LogP contribution in [0.1, 0.15) is 30.8 Å². The van der Waals surface area contributed by atoms with E-state index < -0.39 is 5.97 Å². The van der Waals surface area contributed by atoms with Gasteiger partial charge in [-0.2, -0.15) is 0 Å². The lowest BCUT2D eigenvalue weighted by Crippen LogP contribution is -2.38. The quantitative estimate of drug-likeness (QED) is 0.830. The highest BCUT2D eigenvalue weighted by atomic mass is 79.9. The van der Waals surface area contributed by atoms with Gasteiger partial charge in [-0.1, -0.05) is 17.3 Å². The molecule has 122 valence electrons. The number of carbonyl (C=O) groups is 2. The zero-order chi connectivity index (χ0) is 17.0. The molecule has 1 aromatic heterocycles. The summed E-state index contributed by atoms with van der Waals surface area (Å²) in [6.07, 6.45) is 1.43. The average Bonchev–Trinajstić information content (AvgIpc) is 2.96. The molecule has 0 fully saturated rings. The molecule has 1 heterocycles. The van der Waals surface area contributed by atoms with Crippen LogP contribution in [0.3, 0.4) is 0 Å². The van der Waals surface area contributed by atoms with Crippen LogP contribution < -0.4 is 0 Å². The van der Waals surface area contributed by atoms with Gasteiger partial charge in [-0.05, 0) is 41.9 Å². The van der Waals surface area contributed by atoms with Crippen LogP contribution in [0.2, 0.25) is 0 Å². The van der Waals surface area contributed by atoms with E-state index in [9.17, 15) is 9.59 Å². The summed E-state index contributed by atoms with van der Waals surface area (Å²) in [4.78, 5) is 24.7. The summed E-state index contributed by atoms with van der Waals surface area (Å²) in [6.45, 7) is 3.80. The Hall–Kier alpha value is -2.22. The molecule has 0 aliphatic rings. The van der Waals surface area contributed by atoms with Gasteiger partial charge in [-0.25, -0.2) is 4.68 Å².